The lowest BCUT2D eigenvalue weighted by Gasteiger charge is -2.20. The van der Waals surface area contributed by atoms with Crippen molar-refractivity contribution >= 4 is 23.2 Å². The third kappa shape index (κ3) is 4.40. The maximum atomic E-state index is 13.1. The van der Waals surface area contributed by atoms with E-state index in [4.69, 9.17) is 4.74 Å². The Morgan fingerprint density at radius 1 is 1.12 bits per heavy atom. The van der Waals surface area contributed by atoms with Crippen molar-refractivity contribution < 1.29 is 14.3 Å². The number of para-hydroxylation sites is 2. The second-order valence-corrected chi connectivity index (χ2v) is 8.78. The summed E-state index contributed by atoms with van der Waals surface area (Å²) in [6.07, 6.45) is 4.57. The molecule has 8 heteroatoms. The van der Waals surface area contributed by atoms with Crippen LogP contribution in [0.2, 0.25) is 0 Å². The van der Waals surface area contributed by atoms with E-state index in [1.165, 1.54) is 6.42 Å². The Balaban J connectivity index is 1.30. The molecule has 1 aromatic heterocycles. The van der Waals surface area contributed by atoms with Crippen LogP contribution in [-0.4, -0.2) is 39.7 Å². The fourth-order valence-corrected chi connectivity index (χ4v) is 4.75. The zero-order valence-electron chi connectivity index (χ0n) is 19.4. The van der Waals surface area contributed by atoms with Crippen molar-refractivity contribution in [1.82, 2.24) is 14.8 Å². The number of hydrogen-bond acceptors (Lipinski definition) is 5. The molecular weight excluding hydrogens is 430 g/mol. The monoisotopic (exact) mass is 459 g/mol. The highest BCUT2D eigenvalue weighted by atomic mass is 16.5. The van der Waals surface area contributed by atoms with E-state index in [1.807, 2.05) is 55.5 Å². The molecule has 34 heavy (non-hydrogen) atoms. The van der Waals surface area contributed by atoms with Gasteiger partial charge in [-0.2, -0.15) is 0 Å². The van der Waals surface area contributed by atoms with Gasteiger partial charge in [-0.1, -0.05) is 30.7 Å². The molecule has 0 radical (unpaired) electrons. The predicted molar refractivity (Wildman–Crippen MR) is 130 cm³/mol. The molecule has 1 unspecified atom stereocenters. The topological polar surface area (TPSA) is 89.3 Å². The SMILES string of the molecule is CCOc1ccccc1N1CC(C(=O)Nc2cccc(-c3nnc4n3CCCCC4)c2)CC1=O. The highest BCUT2D eigenvalue weighted by molar-refractivity contribution is 6.04. The zero-order chi connectivity index (χ0) is 23.5. The van der Waals surface area contributed by atoms with Gasteiger partial charge in [-0.15, -0.1) is 10.2 Å². The number of anilines is 2. The van der Waals surface area contributed by atoms with E-state index >= 15 is 0 Å². The minimum Gasteiger partial charge on any atom is -0.492 e. The number of fused-ring (bicyclic) bond motifs is 1. The van der Waals surface area contributed by atoms with Crippen LogP contribution in [0.15, 0.2) is 48.5 Å². The Bertz CT molecular complexity index is 1200. The van der Waals surface area contributed by atoms with E-state index in [0.717, 1.165) is 43.0 Å². The summed E-state index contributed by atoms with van der Waals surface area (Å²) in [5.41, 5.74) is 2.32. The van der Waals surface area contributed by atoms with Crippen LogP contribution in [0, 0.1) is 5.92 Å². The van der Waals surface area contributed by atoms with Crippen molar-refractivity contribution in [2.24, 2.45) is 5.92 Å². The third-order valence-corrected chi connectivity index (χ3v) is 6.45. The largest absolute Gasteiger partial charge is 0.492 e. The van der Waals surface area contributed by atoms with Crippen LogP contribution in [0.4, 0.5) is 11.4 Å². The Kier molecular flexibility index (Phi) is 6.29. The molecule has 0 saturated carbocycles. The fraction of sp³-hybridized carbons (Fsp3) is 0.385. The molecule has 3 aromatic rings. The van der Waals surface area contributed by atoms with Crippen LogP contribution in [0.5, 0.6) is 5.75 Å². The van der Waals surface area contributed by atoms with Gasteiger partial charge in [0.1, 0.15) is 11.6 Å². The molecule has 2 aliphatic rings. The van der Waals surface area contributed by atoms with Crippen molar-refractivity contribution in [2.45, 2.75) is 45.6 Å². The number of hydrogen-bond donors (Lipinski definition) is 1. The molecule has 1 saturated heterocycles. The summed E-state index contributed by atoms with van der Waals surface area (Å²) in [7, 11) is 0. The van der Waals surface area contributed by atoms with Gasteiger partial charge < -0.3 is 19.5 Å². The van der Waals surface area contributed by atoms with E-state index in [1.54, 1.807) is 4.90 Å². The van der Waals surface area contributed by atoms with Crippen molar-refractivity contribution in [3.8, 4) is 17.1 Å². The molecule has 1 fully saturated rings. The van der Waals surface area contributed by atoms with Gasteiger partial charge in [-0.3, -0.25) is 9.59 Å². The summed E-state index contributed by atoms with van der Waals surface area (Å²) in [5.74, 6) is 1.84. The molecule has 0 aliphatic carbocycles. The summed E-state index contributed by atoms with van der Waals surface area (Å²) in [5, 5.41) is 11.8. The number of nitrogens with zero attached hydrogens (tertiary/aromatic N) is 4. The molecule has 8 nitrogen and oxygen atoms in total. The molecule has 1 atom stereocenters. The molecule has 1 N–H and O–H groups in total. The van der Waals surface area contributed by atoms with E-state index in [9.17, 15) is 9.59 Å². The van der Waals surface area contributed by atoms with Crippen LogP contribution in [-0.2, 0) is 22.6 Å². The predicted octanol–water partition coefficient (Wildman–Crippen LogP) is 4.06. The van der Waals surface area contributed by atoms with E-state index in [-0.39, 0.29) is 18.2 Å². The smallest absolute Gasteiger partial charge is 0.229 e. The minimum absolute atomic E-state index is 0.0767. The zero-order valence-corrected chi connectivity index (χ0v) is 19.4. The third-order valence-electron chi connectivity index (χ3n) is 6.45. The van der Waals surface area contributed by atoms with Crippen LogP contribution in [0.25, 0.3) is 11.4 Å². The summed E-state index contributed by atoms with van der Waals surface area (Å²) < 4.78 is 7.87. The van der Waals surface area contributed by atoms with Gasteiger partial charge in [0.25, 0.3) is 0 Å². The first-order valence-corrected chi connectivity index (χ1v) is 12.0. The highest BCUT2D eigenvalue weighted by Crippen LogP contribution is 2.33. The second-order valence-electron chi connectivity index (χ2n) is 8.78. The maximum absolute atomic E-state index is 13.1. The average Bonchev–Trinajstić information content (AvgIpc) is 3.35. The van der Waals surface area contributed by atoms with Crippen molar-refractivity contribution in [2.75, 3.05) is 23.4 Å². The summed E-state index contributed by atoms with van der Waals surface area (Å²) in [6, 6.07) is 15.1. The van der Waals surface area contributed by atoms with Crippen LogP contribution >= 0.6 is 0 Å². The van der Waals surface area contributed by atoms with Gasteiger partial charge in [0.05, 0.1) is 18.2 Å². The Morgan fingerprint density at radius 2 is 2.00 bits per heavy atom. The van der Waals surface area contributed by atoms with E-state index in [0.29, 0.717) is 30.3 Å². The normalized spacial score (nSPS) is 17.9. The van der Waals surface area contributed by atoms with Crippen molar-refractivity contribution in [3.63, 3.8) is 0 Å². The summed E-state index contributed by atoms with van der Waals surface area (Å²) >= 11 is 0. The first-order valence-electron chi connectivity index (χ1n) is 12.0. The fourth-order valence-electron chi connectivity index (χ4n) is 4.75. The summed E-state index contributed by atoms with van der Waals surface area (Å²) in [6.45, 7) is 3.65. The second kappa shape index (κ2) is 9.67. The van der Waals surface area contributed by atoms with Gasteiger partial charge in [0, 0.05) is 37.2 Å². The molecular formula is C26H29N5O3. The maximum Gasteiger partial charge on any atom is 0.229 e. The van der Waals surface area contributed by atoms with Crippen molar-refractivity contribution in [1.29, 1.82) is 0 Å². The molecule has 2 aliphatic heterocycles. The van der Waals surface area contributed by atoms with Crippen LogP contribution in [0.3, 0.4) is 0 Å². The van der Waals surface area contributed by atoms with Crippen LogP contribution < -0.4 is 15.0 Å². The lowest BCUT2D eigenvalue weighted by molar-refractivity contribution is -0.122. The molecule has 3 heterocycles. The molecule has 176 valence electrons. The lowest BCUT2D eigenvalue weighted by Crippen LogP contribution is -2.28. The lowest BCUT2D eigenvalue weighted by atomic mass is 10.1. The van der Waals surface area contributed by atoms with Crippen LogP contribution in [0.1, 0.15) is 38.4 Å². The minimum atomic E-state index is -0.435. The number of rotatable bonds is 6. The van der Waals surface area contributed by atoms with Gasteiger partial charge in [0.2, 0.25) is 11.8 Å². The highest BCUT2D eigenvalue weighted by Gasteiger charge is 2.36. The Hall–Kier alpha value is -3.68. The number of nitrogens with one attached hydrogen (secondary N) is 1. The van der Waals surface area contributed by atoms with E-state index in [2.05, 4.69) is 20.1 Å². The number of amides is 2. The summed E-state index contributed by atoms with van der Waals surface area (Å²) in [4.78, 5) is 27.5. The molecule has 5 rings (SSSR count). The molecule has 0 bridgehead atoms. The molecule has 2 aromatic carbocycles. The van der Waals surface area contributed by atoms with Crippen molar-refractivity contribution in [3.05, 3.63) is 54.4 Å². The van der Waals surface area contributed by atoms with Gasteiger partial charge in [-0.05, 0) is 44.0 Å². The quantitative estimate of drug-likeness (QED) is 0.600. The Morgan fingerprint density at radius 3 is 2.88 bits per heavy atom. The first kappa shape index (κ1) is 22.1. The number of aromatic nitrogens is 3. The number of carbonyl (C=O) groups is 2. The Labute approximate surface area is 198 Å². The average molecular weight is 460 g/mol. The first-order chi connectivity index (χ1) is 16.6. The number of ether oxygens (including phenoxy) is 1. The number of aryl methyl sites for hydroxylation is 1. The van der Waals surface area contributed by atoms with Gasteiger partial charge in [0.15, 0.2) is 5.82 Å². The van der Waals surface area contributed by atoms with Gasteiger partial charge >= 0.3 is 0 Å². The van der Waals surface area contributed by atoms with E-state index < -0.39 is 5.92 Å². The molecule has 0 spiro atoms. The standard InChI is InChI=1S/C26H29N5O3/c1-2-34-22-12-6-5-11-21(22)31-17-19(16-24(31)32)26(33)27-20-10-8-9-18(15-20)25-29-28-23-13-4-3-7-14-30(23)25/h5-6,8-12,15,19H,2-4,7,13-14,16-17H2,1H3,(H,27,33). The number of benzene rings is 2. The van der Waals surface area contributed by atoms with Gasteiger partial charge in [-0.25, -0.2) is 0 Å². The number of carbonyl (C=O) groups excluding carboxylic acids is 2. The molecule has 2 amide bonds.